The van der Waals surface area contributed by atoms with Crippen LogP contribution in [0.1, 0.15) is 11.1 Å². The fourth-order valence-electron chi connectivity index (χ4n) is 3.40. The summed E-state index contributed by atoms with van der Waals surface area (Å²) in [6.45, 7) is -0.567. The van der Waals surface area contributed by atoms with Gasteiger partial charge in [-0.15, -0.1) is 0 Å². The number of rotatable bonds is 7. The molecule has 0 unspecified atom stereocenters. The van der Waals surface area contributed by atoms with Crippen LogP contribution in [0.5, 0.6) is 11.5 Å². The Balaban J connectivity index is 1.82. The fraction of sp³-hybridized carbons (Fsp3) is 0.120. The Kier molecular flexibility index (Phi) is 6.73. The van der Waals surface area contributed by atoms with Gasteiger partial charge >= 0.3 is 12.1 Å². The molecule has 184 valence electrons. The number of carboxylic acid groups (broad SMARTS) is 1. The fourth-order valence-corrected chi connectivity index (χ4v) is 3.40. The Bertz CT molecular complexity index is 1530. The summed E-state index contributed by atoms with van der Waals surface area (Å²) in [6, 6.07) is 15.4. The molecular formula is C25H18F3N3O5. The van der Waals surface area contributed by atoms with Crippen molar-refractivity contribution in [3.8, 4) is 22.9 Å². The Morgan fingerprint density at radius 1 is 1.08 bits per heavy atom. The lowest BCUT2D eigenvalue weighted by atomic mass is 10.1. The molecule has 0 aliphatic rings. The molecule has 0 bridgehead atoms. The molecule has 11 heteroatoms. The standard InChI is InChI=1S/C25H18F3N3O5/c1-35-21-11-15(9-10-20(21)36-14-22(32)33)13-29-31-23(16-5-4-6-17(12-16)25(26,27)28)30-19-8-3-2-7-18(19)24(31)34/h2-13H,14H2,1H3,(H,32,33). The molecule has 3 aromatic carbocycles. The van der Waals surface area contributed by atoms with Gasteiger partial charge in [0.2, 0.25) is 0 Å². The number of carbonyl (C=O) groups is 1. The third-order valence-electron chi connectivity index (χ3n) is 5.06. The van der Waals surface area contributed by atoms with Crippen molar-refractivity contribution in [3.05, 3.63) is 88.2 Å². The third-order valence-corrected chi connectivity index (χ3v) is 5.06. The number of halogens is 3. The van der Waals surface area contributed by atoms with Crippen LogP contribution in [-0.2, 0) is 11.0 Å². The maximum absolute atomic E-state index is 13.3. The van der Waals surface area contributed by atoms with Gasteiger partial charge in [0.1, 0.15) is 0 Å². The topological polar surface area (TPSA) is 103 Å². The highest BCUT2D eigenvalue weighted by Gasteiger charge is 2.31. The summed E-state index contributed by atoms with van der Waals surface area (Å²) in [7, 11) is 1.37. The maximum Gasteiger partial charge on any atom is 0.416 e. The zero-order valence-electron chi connectivity index (χ0n) is 18.7. The van der Waals surface area contributed by atoms with Crippen LogP contribution in [0.3, 0.4) is 0 Å². The zero-order chi connectivity index (χ0) is 25.9. The van der Waals surface area contributed by atoms with Crippen molar-refractivity contribution in [1.29, 1.82) is 0 Å². The molecule has 0 radical (unpaired) electrons. The number of fused-ring (bicyclic) bond motifs is 1. The van der Waals surface area contributed by atoms with E-state index >= 15 is 0 Å². The molecule has 0 saturated heterocycles. The van der Waals surface area contributed by atoms with Gasteiger partial charge in [-0.1, -0.05) is 24.3 Å². The highest BCUT2D eigenvalue weighted by atomic mass is 19.4. The highest BCUT2D eigenvalue weighted by Crippen LogP contribution is 2.32. The van der Waals surface area contributed by atoms with E-state index in [-0.39, 0.29) is 28.3 Å². The van der Waals surface area contributed by atoms with Crippen LogP contribution in [0.25, 0.3) is 22.3 Å². The van der Waals surface area contributed by atoms with Crippen molar-refractivity contribution in [2.45, 2.75) is 6.18 Å². The molecule has 0 aliphatic carbocycles. The number of carboxylic acids is 1. The predicted octanol–water partition coefficient (Wildman–Crippen LogP) is 4.44. The normalized spacial score (nSPS) is 11.7. The van der Waals surface area contributed by atoms with Crippen molar-refractivity contribution in [2.24, 2.45) is 5.10 Å². The minimum Gasteiger partial charge on any atom is -0.493 e. The average molecular weight is 497 g/mol. The first kappa shape index (κ1) is 24.5. The second-order valence-corrected chi connectivity index (χ2v) is 7.49. The van der Waals surface area contributed by atoms with Gasteiger partial charge in [-0.3, -0.25) is 4.79 Å². The van der Waals surface area contributed by atoms with Gasteiger partial charge in [-0.2, -0.15) is 22.9 Å². The number of hydrogen-bond acceptors (Lipinski definition) is 6. The van der Waals surface area contributed by atoms with Gasteiger partial charge in [0.05, 0.1) is 29.8 Å². The van der Waals surface area contributed by atoms with Crippen molar-refractivity contribution in [2.75, 3.05) is 13.7 Å². The first-order valence-corrected chi connectivity index (χ1v) is 10.4. The Labute approximate surface area is 201 Å². The first-order chi connectivity index (χ1) is 17.2. The molecule has 0 fully saturated rings. The number of methoxy groups -OCH3 is 1. The monoisotopic (exact) mass is 497 g/mol. The van der Waals surface area contributed by atoms with Gasteiger partial charge in [0, 0.05) is 5.56 Å². The lowest BCUT2D eigenvalue weighted by molar-refractivity contribution is -0.139. The molecule has 0 saturated carbocycles. The van der Waals surface area contributed by atoms with Crippen LogP contribution >= 0.6 is 0 Å². The quantitative estimate of drug-likeness (QED) is 0.379. The lowest BCUT2D eigenvalue weighted by Gasteiger charge is -2.12. The van der Waals surface area contributed by atoms with Crippen molar-refractivity contribution < 1.29 is 32.5 Å². The number of ether oxygens (including phenoxy) is 2. The van der Waals surface area contributed by atoms with Gasteiger partial charge < -0.3 is 14.6 Å². The number of alkyl halides is 3. The molecule has 0 atom stereocenters. The van der Waals surface area contributed by atoms with E-state index in [1.54, 1.807) is 30.3 Å². The maximum atomic E-state index is 13.3. The highest BCUT2D eigenvalue weighted by molar-refractivity contribution is 5.83. The van der Waals surface area contributed by atoms with E-state index in [1.807, 2.05) is 0 Å². The first-order valence-electron chi connectivity index (χ1n) is 10.4. The number of aromatic nitrogens is 2. The van der Waals surface area contributed by atoms with Crippen LogP contribution in [0.2, 0.25) is 0 Å². The number of para-hydroxylation sites is 1. The molecule has 0 spiro atoms. The molecular weight excluding hydrogens is 479 g/mol. The smallest absolute Gasteiger partial charge is 0.416 e. The van der Waals surface area contributed by atoms with Crippen molar-refractivity contribution in [3.63, 3.8) is 0 Å². The molecule has 0 amide bonds. The van der Waals surface area contributed by atoms with E-state index in [1.165, 1.54) is 37.6 Å². The summed E-state index contributed by atoms with van der Waals surface area (Å²) in [6.07, 6.45) is -3.28. The van der Waals surface area contributed by atoms with E-state index in [9.17, 15) is 22.8 Å². The molecule has 1 heterocycles. The molecule has 0 aliphatic heterocycles. The predicted molar refractivity (Wildman–Crippen MR) is 126 cm³/mol. The van der Waals surface area contributed by atoms with Crippen LogP contribution < -0.4 is 15.0 Å². The number of benzene rings is 3. The third kappa shape index (κ3) is 5.19. The molecule has 4 aromatic rings. The number of nitrogens with zero attached hydrogens (tertiary/aromatic N) is 3. The Morgan fingerprint density at radius 3 is 2.58 bits per heavy atom. The summed E-state index contributed by atoms with van der Waals surface area (Å²) in [4.78, 5) is 28.4. The van der Waals surface area contributed by atoms with Crippen LogP contribution in [0.4, 0.5) is 13.2 Å². The minimum atomic E-state index is -4.58. The van der Waals surface area contributed by atoms with Gasteiger partial charge in [0.25, 0.3) is 5.56 Å². The van der Waals surface area contributed by atoms with Crippen LogP contribution in [0.15, 0.2) is 76.6 Å². The van der Waals surface area contributed by atoms with E-state index in [0.717, 1.165) is 16.8 Å². The molecule has 1 N–H and O–H groups in total. The average Bonchev–Trinajstić information content (AvgIpc) is 2.86. The molecule has 8 nitrogen and oxygen atoms in total. The van der Waals surface area contributed by atoms with E-state index in [4.69, 9.17) is 14.6 Å². The second kappa shape index (κ2) is 9.90. The van der Waals surface area contributed by atoms with Crippen molar-refractivity contribution >= 4 is 23.1 Å². The van der Waals surface area contributed by atoms with Crippen LogP contribution in [-0.4, -0.2) is 40.7 Å². The molecule has 4 rings (SSSR count). The molecule has 1 aromatic heterocycles. The van der Waals surface area contributed by atoms with E-state index in [0.29, 0.717) is 11.1 Å². The number of aliphatic carboxylic acids is 1. The largest absolute Gasteiger partial charge is 0.493 e. The van der Waals surface area contributed by atoms with Crippen molar-refractivity contribution in [1.82, 2.24) is 9.66 Å². The summed E-state index contributed by atoms with van der Waals surface area (Å²) in [5.74, 6) is -0.823. The summed E-state index contributed by atoms with van der Waals surface area (Å²) in [5.41, 5.74) is -0.648. The SMILES string of the molecule is COc1cc(C=Nn2c(-c3cccc(C(F)(F)F)c3)nc3ccccc3c2=O)ccc1OCC(=O)O. The summed E-state index contributed by atoms with van der Waals surface area (Å²) < 4.78 is 51.3. The van der Waals surface area contributed by atoms with Gasteiger partial charge in [-0.05, 0) is 48.0 Å². The van der Waals surface area contributed by atoms with Crippen LogP contribution in [0, 0.1) is 0 Å². The zero-order valence-corrected chi connectivity index (χ0v) is 18.7. The van der Waals surface area contributed by atoms with E-state index in [2.05, 4.69) is 10.1 Å². The van der Waals surface area contributed by atoms with Gasteiger partial charge in [0.15, 0.2) is 23.9 Å². The second-order valence-electron chi connectivity index (χ2n) is 7.49. The Hall–Kier alpha value is -4.67. The van der Waals surface area contributed by atoms with Gasteiger partial charge in [-0.25, -0.2) is 9.78 Å². The summed E-state index contributed by atoms with van der Waals surface area (Å²) >= 11 is 0. The Morgan fingerprint density at radius 2 is 1.86 bits per heavy atom. The summed E-state index contributed by atoms with van der Waals surface area (Å²) in [5, 5.41) is 13.3. The lowest BCUT2D eigenvalue weighted by Crippen LogP contribution is -2.20. The molecule has 36 heavy (non-hydrogen) atoms. The minimum absolute atomic E-state index is 0.0554. The number of hydrogen-bond donors (Lipinski definition) is 1. The van der Waals surface area contributed by atoms with E-state index < -0.39 is 29.9 Å².